The van der Waals surface area contributed by atoms with E-state index in [2.05, 4.69) is 36.4 Å². The van der Waals surface area contributed by atoms with Crippen molar-refractivity contribution in [3.8, 4) is 5.75 Å². The molecule has 2 rings (SSSR count). The molecule has 1 heteroatoms. The van der Waals surface area contributed by atoms with Crippen molar-refractivity contribution in [2.24, 2.45) is 0 Å². The number of rotatable bonds is 4. The van der Waals surface area contributed by atoms with Crippen LogP contribution in [0.25, 0.3) is 6.08 Å². The van der Waals surface area contributed by atoms with Gasteiger partial charge in [0.1, 0.15) is 5.75 Å². The average molecular weight is 224 g/mol. The third-order valence-electron chi connectivity index (χ3n) is 2.60. The maximum atomic E-state index is 5.20. The van der Waals surface area contributed by atoms with Gasteiger partial charge in [0.25, 0.3) is 0 Å². The average Bonchev–Trinajstić information content (AvgIpc) is 2.40. The molecule has 0 fully saturated rings. The third kappa shape index (κ3) is 3.49. The van der Waals surface area contributed by atoms with Crippen LogP contribution in [0.4, 0.5) is 0 Å². The van der Waals surface area contributed by atoms with Gasteiger partial charge in [-0.15, -0.1) is 0 Å². The lowest BCUT2D eigenvalue weighted by Gasteiger charge is -2.01. The fourth-order valence-electron chi connectivity index (χ4n) is 1.69. The minimum atomic E-state index is 0.913. The van der Waals surface area contributed by atoms with Gasteiger partial charge in [0, 0.05) is 0 Å². The number of methoxy groups -OCH3 is 1. The maximum Gasteiger partial charge on any atom is 0.119 e. The smallest absolute Gasteiger partial charge is 0.119 e. The fraction of sp³-hybridized carbons (Fsp3) is 0.125. The number of ether oxygens (including phenoxy) is 1. The molecule has 0 spiro atoms. The first-order valence-electron chi connectivity index (χ1n) is 5.73. The van der Waals surface area contributed by atoms with Gasteiger partial charge in [-0.3, -0.25) is 0 Å². The highest BCUT2D eigenvalue weighted by molar-refractivity contribution is 5.49. The topological polar surface area (TPSA) is 9.23 Å². The second-order valence-corrected chi connectivity index (χ2v) is 3.87. The maximum absolute atomic E-state index is 5.20. The van der Waals surface area contributed by atoms with Crippen LogP contribution in [0, 0.1) is 0 Å². The second kappa shape index (κ2) is 5.90. The molecule has 0 bridgehead atoms. The summed E-state index contributed by atoms with van der Waals surface area (Å²) in [7, 11) is 1.69. The molecule has 2 aromatic carbocycles. The molecule has 0 aliphatic carbocycles. The quantitative estimate of drug-likeness (QED) is 0.764. The molecule has 17 heavy (non-hydrogen) atoms. The number of allylic oxidation sites excluding steroid dienone is 1. The number of hydrogen-bond acceptors (Lipinski definition) is 1. The molecule has 1 nitrogen and oxygen atoms in total. The van der Waals surface area contributed by atoms with Crippen LogP contribution in [0.2, 0.25) is 0 Å². The Morgan fingerprint density at radius 2 is 1.82 bits per heavy atom. The highest BCUT2D eigenvalue weighted by Gasteiger charge is 1.93. The molecule has 0 aliphatic rings. The van der Waals surface area contributed by atoms with Crippen LogP contribution in [-0.2, 0) is 6.42 Å². The summed E-state index contributed by atoms with van der Waals surface area (Å²) in [6, 6.07) is 18.5. The fourth-order valence-corrected chi connectivity index (χ4v) is 1.69. The van der Waals surface area contributed by atoms with E-state index in [1.165, 1.54) is 11.1 Å². The van der Waals surface area contributed by atoms with Crippen molar-refractivity contribution < 1.29 is 4.74 Å². The predicted molar refractivity (Wildman–Crippen MR) is 72.2 cm³/mol. The van der Waals surface area contributed by atoms with E-state index in [0.29, 0.717) is 0 Å². The van der Waals surface area contributed by atoms with E-state index >= 15 is 0 Å². The van der Waals surface area contributed by atoms with Crippen molar-refractivity contribution in [2.45, 2.75) is 6.42 Å². The van der Waals surface area contributed by atoms with Gasteiger partial charge in [0.05, 0.1) is 7.11 Å². The zero-order valence-corrected chi connectivity index (χ0v) is 9.97. The van der Waals surface area contributed by atoms with E-state index in [1.807, 2.05) is 30.3 Å². The monoisotopic (exact) mass is 224 g/mol. The van der Waals surface area contributed by atoms with Crippen molar-refractivity contribution in [1.29, 1.82) is 0 Å². The summed E-state index contributed by atoms with van der Waals surface area (Å²) in [4.78, 5) is 0. The number of benzene rings is 2. The minimum Gasteiger partial charge on any atom is -0.497 e. The molecular formula is C16H16O. The van der Waals surface area contributed by atoms with E-state index in [9.17, 15) is 0 Å². The molecule has 0 radical (unpaired) electrons. The summed E-state index contributed by atoms with van der Waals surface area (Å²) in [5.74, 6) is 0.913. The van der Waals surface area contributed by atoms with Crippen molar-refractivity contribution in [2.75, 3.05) is 7.11 Å². The largest absolute Gasteiger partial charge is 0.497 e. The normalized spacial score (nSPS) is 10.6. The standard InChI is InChI=1S/C16H16O/c1-17-16-12-6-11-15(13-16)10-5-9-14-7-3-2-4-8-14/h2-9,11-13H,10H2,1H3. The van der Waals surface area contributed by atoms with E-state index in [1.54, 1.807) is 7.11 Å². The zero-order chi connectivity index (χ0) is 11.9. The summed E-state index contributed by atoms with van der Waals surface area (Å²) in [6.07, 6.45) is 5.23. The van der Waals surface area contributed by atoms with Gasteiger partial charge in [-0.1, -0.05) is 54.6 Å². The van der Waals surface area contributed by atoms with Crippen LogP contribution < -0.4 is 4.74 Å². The summed E-state index contributed by atoms with van der Waals surface area (Å²) < 4.78 is 5.20. The Kier molecular flexibility index (Phi) is 3.98. The molecule has 0 saturated heterocycles. The summed E-state index contributed by atoms with van der Waals surface area (Å²) in [6.45, 7) is 0. The predicted octanol–water partition coefficient (Wildman–Crippen LogP) is 3.95. The number of hydrogen-bond donors (Lipinski definition) is 0. The van der Waals surface area contributed by atoms with Crippen LogP contribution in [0.15, 0.2) is 60.7 Å². The van der Waals surface area contributed by atoms with Crippen molar-refractivity contribution in [3.05, 3.63) is 71.8 Å². The molecule has 0 atom stereocenters. The van der Waals surface area contributed by atoms with Gasteiger partial charge >= 0.3 is 0 Å². The van der Waals surface area contributed by atoms with E-state index in [-0.39, 0.29) is 0 Å². The SMILES string of the molecule is COc1cccc(CC=Cc2ccccc2)c1. The van der Waals surface area contributed by atoms with Gasteiger partial charge in [-0.05, 0) is 29.7 Å². The molecule has 0 N–H and O–H groups in total. The Labute approximate surface area is 102 Å². The Bertz CT molecular complexity index is 486. The first-order chi connectivity index (χ1) is 8.38. The van der Waals surface area contributed by atoms with Gasteiger partial charge in [-0.2, -0.15) is 0 Å². The van der Waals surface area contributed by atoms with Crippen LogP contribution in [0.3, 0.4) is 0 Å². The summed E-state index contributed by atoms with van der Waals surface area (Å²) >= 11 is 0. The van der Waals surface area contributed by atoms with Gasteiger partial charge < -0.3 is 4.74 Å². The molecular weight excluding hydrogens is 208 g/mol. The molecule has 2 aromatic rings. The van der Waals surface area contributed by atoms with Crippen molar-refractivity contribution >= 4 is 6.08 Å². The first kappa shape index (κ1) is 11.5. The van der Waals surface area contributed by atoms with Gasteiger partial charge in [0.2, 0.25) is 0 Å². The lowest BCUT2D eigenvalue weighted by molar-refractivity contribution is 0.414. The van der Waals surface area contributed by atoms with E-state index in [4.69, 9.17) is 4.74 Å². The van der Waals surface area contributed by atoms with Gasteiger partial charge in [0.15, 0.2) is 0 Å². The molecule has 86 valence electrons. The Balaban J connectivity index is 2.00. The second-order valence-electron chi connectivity index (χ2n) is 3.87. The third-order valence-corrected chi connectivity index (χ3v) is 2.60. The highest BCUT2D eigenvalue weighted by Crippen LogP contribution is 2.13. The highest BCUT2D eigenvalue weighted by atomic mass is 16.5. The molecule has 0 amide bonds. The van der Waals surface area contributed by atoms with E-state index in [0.717, 1.165) is 12.2 Å². The van der Waals surface area contributed by atoms with Crippen LogP contribution >= 0.6 is 0 Å². The molecule has 0 heterocycles. The van der Waals surface area contributed by atoms with Crippen LogP contribution in [0.1, 0.15) is 11.1 Å². The van der Waals surface area contributed by atoms with Crippen LogP contribution in [-0.4, -0.2) is 7.11 Å². The Morgan fingerprint density at radius 1 is 1.00 bits per heavy atom. The van der Waals surface area contributed by atoms with Gasteiger partial charge in [-0.25, -0.2) is 0 Å². The van der Waals surface area contributed by atoms with Crippen molar-refractivity contribution in [1.82, 2.24) is 0 Å². The molecule has 0 unspecified atom stereocenters. The zero-order valence-electron chi connectivity index (χ0n) is 9.97. The molecule has 0 saturated carbocycles. The van der Waals surface area contributed by atoms with Crippen molar-refractivity contribution in [3.63, 3.8) is 0 Å². The minimum absolute atomic E-state index is 0.913. The summed E-state index contributed by atoms with van der Waals surface area (Å²) in [5.41, 5.74) is 2.49. The molecule has 0 aliphatic heterocycles. The van der Waals surface area contributed by atoms with E-state index < -0.39 is 0 Å². The summed E-state index contributed by atoms with van der Waals surface area (Å²) in [5, 5.41) is 0. The van der Waals surface area contributed by atoms with Crippen LogP contribution in [0.5, 0.6) is 5.75 Å². The first-order valence-corrected chi connectivity index (χ1v) is 5.73. The lowest BCUT2D eigenvalue weighted by atomic mass is 10.1. The Morgan fingerprint density at radius 3 is 2.59 bits per heavy atom. The molecule has 0 aromatic heterocycles. The Hall–Kier alpha value is -2.02. The lowest BCUT2D eigenvalue weighted by Crippen LogP contribution is -1.85.